The van der Waals surface area contributed by atoms with Gasteiger partial charge in [0.2, 0.25) is 0 Å². The molecule has 1 fully saturated rings. The van der Waals surface area contributed by atoms with E-state index in [0.717, 1.165) is 59.6 Å². The fourth-order valence-corrected chi connectivity index (χ4v) is 4.80. The topological polar surface area (TPSA) is 55.3 Å². The van der Waals surface area contributed by atoms with Gasteiger partial charge in [0.25, 0.3) is 5.91 Å². The Kier molecular flexibility index (Phi) is 5.51. The van der Waals surface area contributed by atoms with Gasteiger partial charge in [-0.05, 0) is 73.5 Å². The summed E-state index contributed by atoms with van der Waals surface area (Å²) < 4.78 is 9.80. The van der Waals surface area contributed by atoms with Gasteiger partial charge in [-0.3, -0.25) is 4.79 Å². The van der Waals surface area contributed by atoms with Crippen molar-refractivity contribution in [3.63, 3.8) is 0 Å². The molecule has 28 heavy (non-hydrogen) atoms. The first-order valence-corrected chi connectivity index (χ1v) is 10.5. The van der Waals surface area contributed by atoms with Gasteiger partial charge in [0.1, 0.15) is 10.6 Å². The van der Waals surface area contributed by atoms with Gasteiger partial charge in [-0.25, -0.2) is 4.98 Å². The molecule has 5 nitrogen and oxygen atoms in total. The summed E-state index contributed by atoms with van der Waals surface area (Å²) in [5.41, 5.74) is 2.65. The molecule has 7 heteroatoms. The number of hydrogen-bond donors (Lipinski definition) is 0. The van der Waals surface area contributed by atoms with E-state index in [0.29, 0.717) is 16.5 Å². The molecule has 2 aromatic heterocycles. The van der Waals surface area contributed by atoms with Crippen molar-refractivity contribution < 1.29 is 9.53 Å². The highest BCUT2D eigenvalue weighted by Crippen LogP contribution is 2.29. The number of halogens is 1. The van der Waals surface area contributed by atoms with Crippen LogP contribution in [0.1, 0.15) is 34.5 Å². The van der Waals surface area contributed by atoms with E-state index in [9.17, 15) is 4.79 Å². The Bertz CT molecular complexity index is 1020. The minimum Gasteiger partial charge on any atom is -0.496 e. The number of ether oxygens (including phenoxy) is 1. The number of methoxy groups -OCH3 is 1. The third-order valence-corrected chi connectivity index (χ3v) is 6.41. The van der Waals surface area contributed by atoms with Crippen molar-refractivity contribution in [3.05, 3.63) is 52.3 Å². The first-order valence-electron chi connectivity index (χ1n) is 9.39. The van der Waals surface area contributed by atoms with Crippen molar-refractivity contribution in [2.75, 3.05) is 20.2 Å². The summed E-state index contributed by atoms with van der Waals surface area (Å²) in [7, 11) is 1.67. The van der Waals surface area contributed by atoms with Crippen LogP contribution >= 0.6 is 23.1 Å². The summed E-state index contributed by atoms with van der Waals surface area (Å²) in [4.78, 5) is 20.3. The van der Waals surface area contributed by atoms with Crippen LogP contribution < -0.4 is 4.74 Å². The zero-order valence-corrected chi connectivity index (χ0v) is 17.5. The number of likely N-dealkylation sites (tertiary alicyclic amines) is 1. The zero-order chi connectivity index (χ0) is 19.7. The molecule has 1 atom stereocenters. The molecule has 0 saturated carbocycles. The Labute approximate surface area is 173 Å². The molecule has 0 spiro atoms. The minimum atomic E-state index is 0.0442. The lowest BCUT2D eigenvalue weighted by Crippen LogP contribution is -2.40. The average Bonchev–Trinajstić information content (AvgIpc) is 3.08. The maximum absolute atomic E-state index is 13.1. The van der Waals surface area contributed by atoms with E-state index >= 15 is 0 Å². The lowest BCUT2D eigenvalue weighted by atomic mass is 9.90. The second-order valence-electron chi connectivity index (χ2n) is 7.26. The maximum Gasteiger partial charge on any atom is 0.255 e. The molecule has 0 bridgehead atoms. The van der Waals surface area contributed by atoms with Crippen molar-refractivity contribution in [2.24, 2.45) is 5.92 Å². The number of nitrogens with zero attached hydrogens (tertiary/aromatic N) is 3. The Morgan fingerprint density at radius 1 is 1.39 bits per heavy atom. The molecule has 1 aromatic carbocycles. The molecule has 0 aliphatic carbocycles. The number of pyridine rings is 1. The van der Waals surface area contributed by atoms with Crippen molar-refractivity contribution in [1.82, 2.24) is 14.3 Å². The first kappa shape index (κ1) is 19.2. The van der Waals surface area contributed by atoms with Crippen LogP contribution in [-0.4, -0.2) is 40.4 Å². The van der Waals surface area contributed by atoms with E-state index in [2.05, 4.69) is 9.36 Å². The Morgan fingerprint density at radius 3 is 3.07 bits per heavy atom. The summed E-state index contributed by atoms with van der Waals surface area (Å²) in [5, 5.41) is 1.67. The number of piperidine rings is 1. The molecule has 3 heterocycles. The summed E-state index contributed by atoms with van der Waals surface area (Å²) in [6.07, 6.45) is 4.60. The molecule has 0 N–H and O–H groups in total. The van der Waals surface area contributed by atoms with E-state index in [-0.39, 0.29) is 5.91 Å². The van der Waals surface area contributed by atoms with Crippen LogP contribution in [0.15, 0.2) is 30.5 Å². The molecule has 1 unspecified atom stereocenters. The highest BCUT2D eigenvalue weighted by molar-refractivity contribution is 7.12. The Hall–Kier alpha value is -2.18. The number of carbonyl (C=O) groups excluding carboxylic acids is 1. The molecule has 1 aliphatic rings. The normalized spacial score (nSPS) is 17.1. The van der Waals surface area contributed by atoms with Crippen molar-refractivity contribution in [3.8, 4) is 5.75 Å². The van der Waals surface area contributed by atoms with Gasteiger partial charge in [0.15, 0.2) is 0 Å². The summed E-state index contributed by atoms with van der Waals surface area (Å²) in [5.74, 6) is 1.28. The molecule has 1 saturated heterocycles. The third kappa shape index (κ3) is 3.84. The highest BCUT2D eigenvalue weighted by Gasteiger charge is 2.26. The lowest BCUT2D eigenvalue weighted by Gasteiger charge is -2.33. The van der Waals surface area contributed by atoms with Gasteiger partial charge in [0, 0.05) is 29.7 Å². The van der Waals surface area contributed by atoms with Gasteiger partial charge in [-0.2, -0.15) is 4.37 Å². The Morgan fingerprint density at radius 2 is 2.25 bits per heavy atom. The van der Waals surface area contributed by atoms with Crippen molar-refractivity contribution in [2.45, 2.75) is 26.2 Å². The van der Waals surface area contributed by atoms with Crippen LogP contribution in [-0.2, 0) is 6.42 Å². The van der Waals surface area contributed by atoms with E-state index in [1.165, 1.54) is 11.5 Å². The van der Waals surface area contributed by atoms with Crippen LogP contribution in [0.25, 0.3) is 10.2 Å². The third-order valence-electron chi connectivity index (χ3n) is 5.31. The fraction of sp³-hybridized carbons (Fsp3) is 0.381. The number of benzene rings is 1. The van der Waals surface area contributed by atoms with E-state index in [4.69, 9.17) is 16.3 Å². The first-order chi connectivity index (χ1) is 13.5. The number of amides is 1. The van der Waals surface area contributed by atoms with E-state index in [1.54, 1.807) is 13.3 Å². The van der Waals surface area contributed by atoms with Crippen LogP contribution in [0.5, 0.6) is 5.75 Å². The SMILES string of the molecule is COc1ccc(Cl)cc1CC1CCCN(C(=O)c2cnc3snc(C)c3c2)C1. The smallest absolute Gasteiger partial charge is 0.255 e. The van der Waals surface area contributed by atoms with Gasteiger partial charge in [-0.1, -0.05) is 11.6 Å². The molecule has 4 rings (SSSR count). The summed E-state index contributed by atoms with van der Waals surface area (Å²) in [6.45, 7) is 3.46. The zero-order valence-electron chi connectivity index (χ0n) is 15.9. The summed E-state index contributed by atoms with van der Waals surface area (Å²) in [6, 6.07) is 7.63. The number of hydrogen-bond acceptors (Lipinski definition) is 5. The predicted molar refractivity (Wildman–Crippen MR) is 112 cm³/mol. The second kappa shape index (κ2) is 8.05. The van der Waals surface area contributed by atoms with Crippen molar-refractivity contribution in [1.29, 1.82) is 0 Å². The van der Waals surface area contributed by atoms with Crippen LogP contribution in [0.4, 0.5) is 0 Å². The van der Waals surface area contributed by atoms with E-state index < -0.39 is 0 Å². The van der Waals surface area contributed by atoms with Gasteiger partial charge >= 0.3 is 0 Å². The van der Waals surface area contributed by atoms with Crippen LogP contribution in [0.2, 0.25) is 5.02 Å². The van der Waals surface area contributed by atoms with Crippen LogP contribution in [0, 0.1) is 12.8 Å². The monoisotopic (exact) mass is 415 g/mol. The molecule has 146 valence electrons. The molecule has 0 radical (unpaired) electrons. The summed E-state index contributed by atoms with van der Waals surface area (Å²) >= 11 is 7.54. The minimum absolute atomic E-state index is 0.0442. The quantitative estimate of drug-likeness (QED) is 0.616. The van der Waals surface area contributed by atoms with Crippen molar-refractivity contribution >= 4 is 39.3 Å². The van der Waals surface area contributed by atoms with E-state index in [1.807, 2.05) is 36.1 Å². The largest absolute Gasteiger partial charge is 0.496 e. The second-order valence-corrected chi connectivity index (χ2v) is 8.45. The number of aryl methyl sites for hydroxylation is 1. The Balaban J connectivity index is 1.50. The lowest BCUT2D eigenvalue weighted by molar-refractivity contribution is 0.0673. The number of rotatable bonds is 4. The standard InChI is InChI=1S/C21H22ClN3O2S/c1-13-18-10-16(11-23-20(18)28-24-13)21(26)25-7-3-4-14(12-25)8-15-9-17(22)5-6-19(15)27-2/h5-6,9-11,14H,3-4,7-8,12H2,1-2H3. The number of aromatic nitrogens is 2. The molecule has 1 aliphatic heterocycles. The molecular formula is C21H22ClN3O2S. The fourth-order valence-electron chi connectivity index (χ4n) is 3.88. The predicted octanol–water partition coefficient (Wildman–Crippen LogP) is 4.76. The van der Waals surface area contributed by atoms with Gasteiger partial charge < -0.3 is 9.64 Å². The molecule has 3 aromatic rings. The average molecular weight is 416 g/mol. The molecular weight excluding hydrogens is 394 g/mol. The van der Waals surface area contributed by atoms with Crippen LogP contribution in [0.3, 0.4) is 0 Å². The highest BCUT2D eigenvalue weighted by atomic mass is 35.5. The number of carbonyl (C=O) groups is 1. The maximum atomic E-state index is 13.1. The number of fused-ring (bicyclic) bond motifs is 1. The van der Waals surface area contributed by atoms with Gasteiger partial charge in [0.05, 0.1) is 18.4 Å². The molecule has 1 amide bonds. The van der Waals surface area contributed by atoms with Gasteiger partial charge in [-0.15, -0.1) is 0 Å².